The van der Waals surface area contributed by atoms with Gasteiger partial charge >= 0.3 is 0 Å². The van der Waals surface area contributed by atoms with Crippen LogP contribution in [0.4, 0.5) is 0 Å². The maximum atomic E-state index is 4.73. The van der Waals surface area contributed by atoms with Crippen LogP contribution in [-0.2, 0) is 0 Å². The SMILES string of the molecule is Cc1cc(-c2ccncc2)nc(-c2ccc(-c3ccncc3)cc2)n1. The van der Waals surface area contributed by atoms with Gasteiger partial charge in [0.25, 0.3) is 0 Å². The molecule has 4 heteroatoms. The molecule has 4 rings (SSSR count). The quantitative estimate of drug-likeness (QED) is 0.553. The van der Waals surface area contributed by atoms with Gasteiger partial charge in [-0.1, -0.05) is 24.3 Å². The van der Waals surface area contributed by atoms with Crippen molar-refractivity contribution in [2.24, 2.45) is 0 Å². The summed E-state index contributed by atoms with van der Waals surface area (Å²) in [5.41, 5.74) is 6.17. The third-order valence-electron chi connectivity index (χ3n) is 3.99. The van der Waals surface area contributed by atoms with E-state index in [1.54, 1.807) is 24.8 Å². The van der Waals surface area contributed by atoms with E-state index in [0.717, 1.165) is 39.5 Å². The molecule has 4 aromatic rings. The molecule has 0 spiro atoms. The number of aryl methyl sites for hydroxylation is 1. The molecule has 25 heavy (non-hydrogen) atoms. The molecule has 120 valence electrons. The van der Waals surface area contributed by atoms with E-state index >= 15 is 0 Å². The Morgan fingerprint density at radius 2 is 1.08 bits per heavy atom. The first kappa shape index (κ1) is 15.1. The summed E-state index contributed by atoms with van der Waals surface area (Å²) in [6.07, 6.45) is 7.15. The zero-order chi connectivity index (χ0) is 17.1. The van der Waals surface area contributed by atoms with Crippen molar-refractivity contribution in [1.82, 2.24) is 19.9 Å². The Bertz CT molecular complexity index is 981. The van der Waals surface area contributed by atoms with Gasteiger partial charge in [-0.05, 0) is 48.4 Å². The first-order valence-electron chi connectivity index (χ1n) is 8.06. The number of pyridine rings is 2. The van der Waals surface area contributed by atoms with Gasteiger partial charge in [0, 0.05) is 41.6 Å². The van der Waals surface area contributed by atoms with Crippen molar-refractivity contribution in [1.29, 1.82) is 0 Å². The van der Waals surface area contributed by atoms with Crippen molar-refractivity contribution in [2.75, 3.05) is 0 Å². The standard InChI is InChI=1S/C21H16N4/c1-15-14-20(18-8-12-23-13-9-18)25-21(24-15)19-4-2-16(3-5-19)17-6-10-22-11-7-17/h2-14H,1H3. The third-order valence-corrected chi connectivity index (χ3v) is 3.99. The van der Waals surface area contributed by atoms with E-state index in [-0.39, 0.29) is 0 Å². The van der Waals surface area contributed by atoms with Gasteiger partial charge in [0.1, 0.15) is 0 Å². The molecule has 0 aliphatic rings. The molecule has 0 atom stereocenters. The fourth-order valence-electron chi connectivity index (χ4n) is 2.72. The lowest BCUT2D eigenvalue weighted by atomic mass is 10.0. The van der Waals surface area contributed by atoms with E-state index in [1.807, 2.05) is 37.3 Å². The normalized spacial score (nSPS) is 10.6. The molecule has 3 aromatic heterocycles. The van der Waals surface area contributed by atoms with E-state index in [4.69, 9.17) is 4.98 Å². The lowest BCUT2D eigenvalue weighted by molar-refractivity contribution is 1.11. The van der Waals surface area contributed by atoms with Crippen LogP contribution in [0.15, 0.2) is 79.4 Å². The Hall–Kier alpha value is -3.40. The van der Waals surface area contributed by atoms with E-state index in [2.05, 4.69) is 39.2 Å². The summed E-state index contributed by atoms with van der Waals surface area (Å²) in [7, 11) is 0. The smallest absolute Gasteiger partial charge is 0.160 e. The zero-order valence-electron chi connectivity index (χ0n) is 13.8. The number of nitrogens with zero attached hydrogens (tertiary/aromatic N) is 4. The summed E-state index contributed by atoms with van der Waals surface area (Å²) < 4.78 is 0. The van der Waals surface area contributed by atoms with Crippen LogP contribution in [0.1, 0.15) is 5.69 Å². The van der Waals surface area contributed by atoms with Crippen molar-refractivity contribution in [2.45, 2.75) is 6.92 Å². The Morgan fingerprint density at radius 3 is 1.72 bits per heavy atom. The Kier molecular flexibility index (Phi) is 4.01. The topological polar surface area (TPSA) is 51.6 Å². The molecule has 0 saturated carbocycles. The molecule has 0 unspecified atom stereocenters. The summed E-state index contributed by atoms with van der Waals surface area (Å²) in [6, 6.07) is 18.2. The minimum atomic E-state index is 0.730. The Morgan fingerprint density at radius 1 is 0.560 bits per heavy atom. The minimum Gasteiger partial charge on any atom is -0.265 e. The van der Waals surface area contributed by atoms with E-state index in [1.165, 1.54) is 0 Å². The highest BCUT2D eigenvalue weighted by Gasteiger charge is 2.07. The van der Waals surface area contributed by atoms with Gasteiger partial charge in [-0.25, -0.2) is 9.97 Å². The molecule has 0 saturated heterocycles. The van der Waals surface area contributed by atoms with Crippen molar-refractivity contribution >= 4 is 0 Å². The number of hydrogen-bond acceptors (Lipinski definition) is 4. The van der Waals surface area contributed by atoms with Crippen LogP contribution in [0.5, 0.6) is 0 Å². The van der Waals surface area contributed by atoms with E-state index in [0.29, 0.717) is 0 Å². The molecule has 0 bridgehead atoms. The summed E-state index contributed by atoms with van der Waals surface area (Å²) in [5, 5.41) is 0. The first-order chi connectivity index (χ1) is 12.3. The monoisotopic (exact) mass is 324 g/mol. The second kappa shape index (κ2) is 6.61. The highest BCUT2D eigenvalue weighted by molar-refractivity contribution is 5.69. The highest BCUT2D eigenvalue weighted by Crippen LogP contribution is 2.25. The van der Waals surface area contributed by atoms with Gasteiger partial charge in [-0.3, -0.25) is 9.97 Å². The number of aromatic nitrogens is 4. The van der Waals surface area contributed by atoms with Crippen molar-refractivity contribution < 1.29 is 0 Å². The summed E-state index contributed by atoms with van der Waals surface area (Å²) in [4.78, 5) is 17.4. The maximum Gasteiger partial charge on any atom is 0.160 e. The summed E-state index contributed by atoms with van der Waals surface area (Å²) in [5.74, 6) is 0.730. The Balaban J connectivity index is 1.71. The number of hydrogen-bond donors (Lipinski definition) is 0. The van der Waals surface area contributed by atoms with Gasteiger partial charge in [-0.15, -0.1) is 0 Å². The predicted octanol–water partition coefficient (Wildman–Crippen LogP) is 4.58. The summed E-state index contributed by atoms with van der Waals surface area (Å²) >= 11 is 0. The molecule has 0 aliphatic carbocycles. The average molecular weight is 324 g/mol. The van der Waals surface area contributed by atoms with Crippen LogP contribution in [0.25, 0.3) is 33.8 Å². The molecule has 4 nitrogen and oxygen atoms in total. The van der Waals surface area contributed by atoms with Gasteiger partial charge in [0.2, 0.25) is 0 Å². The first-order valence-corrected chi connectivity index (χ1v) is 8.06. The second-order valence-electron chi connectivity index (χ2n) is 5.77. The van der Waals surface area contributed by atoms with Crippen LogP contribution in [-0.4, -0.2) is 19.9 Å². The van der Waals surface area contributed by atoms with Gasteiger partial charge in [-0.2, -0.15) is 0 Å². The third kappa shape index (κ3) is 3.28. The Labute approximate surface area is 146 Å². The molecule has 1 aromatic carbocycles. The number of rotatable bonds is 3. The van der Waals surface area contributed by atoms with Crippen LogP contribution >= 0.6 is 0 Å². The van der Waals surface area contributed by atoms with Crippen molar-refractivity contribution in [3.05, 3.63) is 85.1 Å². The van der Waals surface area contributed by atoms with Crippen LogP contribution < -0.4 is 0 Å². The largest absolute Gasteiger partial charge is 0.265 e. The lowest BCUT2D eigenvalue weighted by Gasteiger charge is -2.07. The fourth-order valence-corrected chi connectivity index (χ4v) is 2.72. The van der Waals surface area contributed by atoms with Crippen molar-refractivity contribution in [3.8, 4) is 33.8 Å². The van der Waals surface area contributed by atoms with Gasteiger partial charge in [0.05, 0.1) is 5.69 Å². The maximum absolute atomic E-state index is 4.73. The molecule has 0 amide bonds. The van der Waals surface area contributed by atoms with Gasteiger partial charge in [0.15, 0.2) is 5.82 Å². The molecule has 0 aliphatic heterocycles. The lowest BCUT2D eigenvalue weighted by Crippen LogP contribution is -1.95. The molecule has 3 heterocycles. The van der Waals surface area contributed by atoms with Crippen molar-refractivity contribution in [3.63, 3.8) is 0 Å². The zero-order valence-corrected chi connectivity index (χ0v) is 13.8. The molecule has 0 fully saturated rings. The van der Waals surface area contributed by atoms with Gasteiger partial charge < -0.3 is 0 Å². The van der Waals surface area contributed by atoms with E-state index in [9.17, 15) is 0 Å². The molecular formula is C21H16N4. The minimum absolute atomic E-state index is 0.730. The predicted molar refractivity (Wildman–Crippen MR) is 98.7 cm³/mol. The van der Waals surface area contributed by atoms with Crippen LogP contribution in [0.2, 0.25) is 0 Å². The number of benzene rings is 1. The summed E-state index contributed by atoms with van der Waals surface area (Å²) in [6.45, 7) is 1.99. The fraction of sp³-hybridized carbons (Fsp3) is 0.0476. The highest BCUT2D eigenvalue weighted by atomic mass is 14.9. The van der Waals surface area contributed by atoms with Crippen LogP contribution in [0.3, 0.4) is 0 Å². The molecular weight excluding hydrogens is 308 g/mol. The second-order valence-corrected chi connectivity index (χ2v) is 5.77. The van der Waals surface area contributed by atoms with E-state index < -0.39 is 0 Å². The van der Waals surface area contributed by atoms with Crippen LogP contribution in [0, 0.1) is 6.92 Å². The molecule has 0 N–H and O–H groups in total. The average Bonchev–Trinajstić information content (AvgIpc) is 2.69. The molecule has 0 radical (unpaired) electrons.